The van der Waals surface area contributed by atoms with E-state index in [-0.39, 0.29) is 17.5 Å². The molecule has 2 heterocycles. The molecule has 0 bridgehead atoms. The van der Waals surface area contributed by atoms with Gasteiger partial charge in [-0.25, -0.2) is 0 Å². The van der Waals surface area contributed by atoms with Crippen molar-refractivity contribution in [1.29, 1.82) is 0 Å². The number of anilines is 1. The summed E-state index contributed by atoms with van der Waals surface area (Å²) < 4.78 is 30.7. The maximum atomic E-state index is 14.1. The molecule has 2 saturated heterocycles. The molecular formula is C15H19FN2O5. The molecule has 8 heteroatoms. The normalized spacial score (nSPS) is 23.3. The fraction of sp³-hybridized carbons (Fsp3) is 0.600. The lowest BCUT2D eigenvalue weighted by atomic mass is 10.0. The van der Waals surface area contributed by atoms with E-state index < -0.39 is 22.2 Å². The number of halogens is 1. The highest BCUT2D eigenvalue weighted by atomic mass is 19.1. The lowest BCUT2D eigenvalue weighted by Crippen LogP contribution is -2.45. The Kier molecular flexibility index (Phi) is 4.11. The zero-order chi connectivity index (χ0) is 16.6. The molecular weight excluding hydrogens is 307 g/mol. The highest BCUT2D eigenvalue weighted by Gasteiger charge is 2.43. The number of piperidine rings is 1. The van der Waals surface area contributed by atoms with Crippen molar-refractivity contribution >= 4 is 11.4 Å². The van der Waals surface area contributed by atoms with E-state index in [4.69, 9.17) is 14.2 Å². The number of nitro groups is 1. The van der Waals surface area contributed by atoms with Gasteiger partial charge >= 0.3 is 5.69 Å². The number of hydrogen-bond donors (Lipinski definition) is 0. The van der Waals surface area contributed by atoms with Crippen LogP contribution in [0, 0.1) is 15.9 Å². The first kappa shape index (κ1) is 15.9. The average molecular weight is 326 g/mol. The van der Waals surface area contributed by atoms with E-state index in [1.807, 2.05) is 6.92 Å². The molecule has 1 unspecified atom stereocenters. The van der Waals surface area contributed by atoms with Crippen LogP contribution in [-0.4, -0.2) is 43.6 Å². The number of ether oxygens (including phenoxy) is 3. The van der Waals surface area contributed by atoms with Gasteiger partial charge in [-0.2, -0.15) is 4.39 Å². The molecule has 1 atom stereocenters. The predicted octanol–water partition coefficient (Wildman–Crippen LogP) is 2.47. The Morgan fingerprint density at radius 3 is 2.65 bits per heavy atom. The Balaban J connectivity index is 1.85. The van der Waals surface area contributed by atoms with Gasteiger partial charge in [0.25, 0.3) is 0 Å². The second-order valence-electron chi connectivity index (χ2n) is 5.87. The Hall–Kier alpha value is -1.93. The Morgan fingerprint density at radius 2 is 2.13 bits per heavy atom. The lowest BCUT2D eigenvalue weighted by molar-refractivity contribution is -0.386. The first-order valence-corrected chi connectivity index (χ1v) is 7.53. The Labute approximate surface area is 133 Å². The van der Waals surface area contributed by atoms with Crippen LogP contribution in [0.25, 0.3) is 0 Å². The second kappa shape index (κ2) is 5.93. The SMILES string of the molecule is COc1cc(F)c([N+](=O)[O-])c(N2CCC3(CC2)OCC(C)O3)c1. The van der Waals surface area contributed by atoms with Crippen LogP contribution in [-0.2, 0) is 9.47 Å². The van der Waals surface area contributed by atoms with Gasteiger partial charge in [0.05, 0.1) is 24.7 Å². The number of nitro benzene ring substituents is 1. The van der Waals surface area contributed by atoms with Gasteiger partial charge in [-0.15, -0.1) is 0 Å². The van der Waals surface area contributed by atoms with Gasteiger partial charge < -0.3 is 19.1 Å². The fourth-order valence-corrected chi connectivity index (χ4v) is 3.15. The van der Waals surface area contributed by atoms with Crippen LogP contribution in [0.2, 0.25) is 0 Å². The number of hydrogen-bond acceptors (Lipinski definition) is 6. The van der Waals surface area contributed by atoms with Crippen molar-refractivity contribution in [3.63, 3.8) is 0 Å². The highest BCUT2D eigenvalue weighted by molar-refractivity contribution is 5.66. The zero-order valence-corrected chi connectivity index (χ0v) is 13.1. The average Bonchev–Trinajstić information content (AvgIpc) is 2.87. The standard InChI is InChI=1S/C15H19FN2O5/c1-10-9-22-15(23-10)3-5-17(6-4-15)13-8-11(21-2)7-12(16)14(13)18(19)20/h7-8,10H,3-6,9H2,1-2H3. The summed E-state index contributed by atoms with van der Waals surface area (Å²) in [6.07, 6.45) is 1.20. The van der Waals surface area contributed by atoms with E-state index in [9.17, 15) is 14.5 Å². The smallest absolute Gasteiger partial charge is 0.328 e. The number of benzene rings is 1. The molecule has 1 aromatic rings. The molecule has 2 aliphatic rings. The van der Waals surface area contributed by atoms with Crippen LogP contribution in [0.5, 0.6) is 5.75 Å². The van der Waals surface area contributed by atoms with Crippen LogP contribution in [0.1, 0.15) is 19.8 Å². The van der Waals surface area contributed by atoms with Crippen molar-refractivity contribution in [2.24, 2.45) is 0 Å². The van der Waals surface area contributed by atoms with E-state index in [2.05, 4.69) is 0 Å². The predicted molar refractivity (Wildman–Crippen MR) is 80.3 cm³/mol. The van der Waals surface area contributed by atoms with Crippen molar-refractivity contribution in [2.75, 3.05) is 31.7 Å². The minimum absolute atomic E-state index is 0.0464. The quantitative estimate of drug-likeness (QED) is 0.627. The molecule has 2 aliphatic heterocycles. The molecule has 0 saturated carbocycles. The van der Waals surface area contributed by atoms with Gasteiger partial charge in [0.1, 0.15) is 11.4 Å². The van der Waals surface area contributed by atoms with Crippen LogP contribution in [0.15, 0.2) is 12.1 Å². The number of rotatable bonds is 3. The van der Waals surface area contributed by atoms with E-state index >= 15 is 0 Å². The van der Waals surface area contributed by atoms with Gasteiger partial charge in [-0.1, -0.05) is 0 Å². The fourth-order valence-electron chi connectivity index (χ4n) is 3.15. The molecule has 3 rings (SSSR count). The second-order valence-corrected chi connectivity index (χ2v) is 5.87. The van der Waals surface area contributed by atoms with Crippen molar-refractivity contribution < 1.29 is 23.5 Å². The monoisotopic (exact) mass is 326 g/mol. The lowest BCUT2D eigenvalue weighted by Gasteiger charge is -2.38. The molecule has 0 amide bonds. The maximum absolute atomic E-state index is 14.1. The maximum Gasteiger partial charge on any atom is 0.328 e. The first-order valence-electron chi connectivity index (χ1n) is 7.53. The van der Waals surface area contributed by atoms with Crippen molar-refractivity contribution in [2.45, 2.75) is 31.7 Å². The van der Waals surface area contributed by atoms with Crippen molar-refractivity contribution in [1.82, 2.24) is 0 Å². The molecule has 2 fully saturated rings. The van der Waals surface area contributed by atoms with E-state index in [0.29, 0.717) is 32.5 Å². The topological polar surface area (TPSA) is 74.1 Å². The summed E-state index contributed by atoms with van der Waals surface area (Å²) in [5, 5.41) is 11.2. The van der Waals surface area contributed by atoms with Crippen LogP contribution in [0.3, 0.4) is 0 Å². The van der Waals surface area contributed by atoms with Crippen LogP contribution < -0.4 is 9.64 Å². The Morgan fingerprint density at radius 1 is 1.43 bits per heavy atom. The summed E-state index contributed by atoms with van der Waals surface area (Å²) in [4.78, 5) is 12.3. The minimum atomic E-state index is -0.897. The van der Waals surface area contributed by atoms with Crippen LogP contribution in [0.4, 0.5) is 15.8 Å². The molecule has 0 aliphatic carbocycles. The summed E-state index contributed by atoms with van der Waals surface area (Å²) >= 11 is 0. The Bertz CT molecular complexity index is 616. The molecule has 1 aromatic carbocycles. The number of methoxy groups -OCH3 is 1. The number of nitrogens with zero attached hydrogens (tertiary/aromatic N) is 2. The molecule has 0 aromatic heterocycles. The largest absolute Gasteiger partial charge is 0.497 e. The third-order valence-corrected chi connectivity index (χ3v) is 4.30. The molecule has 23 heavy (non-hydrogen) atoms. The summed E-state index contributed by atoms with van der Waals surface area (Å²) in [7, 11) is 1.40. The summed E-state index contributed by atoms with van der Waals surface area (Å²) in [5.41, 5.74) is -0.295. The van der Waals surface area contributed by atoms with Gasteiger partial charge in [-0.3, -0.25) is 10.1 Å². The molecule has 7 nitrogen and oxygen atoms in total. The summed E-state index contributed by atoms with van der Waals surface area (Å²) in [6.45, 7) is 3.47. The molecule has 126 valence electrons. The third-order valence-electron chi connectivity index (χ3n) is 4.30. The van der Waals surface area contributed by atoms with Crippen molar-refractivity contribution in [3.8, 4) is 5.75 Å². The van der Waals surface area contributed by atoms with Gasteiger partial charge in [-0.05, 0) is 6.92 Å². The summed E-state index contributed by atoms with van der Waals surface area (Å²) in [5.74, 6) is -1.25. The third kappa shape index (κ3) is 2.96. The molecule has 0 N–H and O–H groups in total. The van der Waals surface area contributed by atoms with E-state index in [1.54, 1.807) is 4.90 Å². The van der Waals surface area contributed by atoms with E-state index in [0.717, 1.165) is 6.07 Å². The van der Waals surface area contributed by atoms with Crippen molar-refractivity contribution in [3.05, 3.63) is 28.1 Å². The van der Waals surface area contributed by atoms with E-state index in [1.165, 1.54) is 13.2 Å². The molecule has 1 spiro atoms. The zero-order valence-electron chi connectivity index (χ0n) is 13.1. The highest BCUT2D eigenvalue weighted by Crippen LogP contribution is 2.40. The first-order chi connectivity index (χ1) is 10.9. The minimum Gasteiger partial charge on any atom is -0.497 e. The van der Waals surface area contributed by atoms with Gasteiger partial charge in [0.2, 0.25) is 5.82 Å². The van der Waals surface area contributed by atoms with Gasteiger partial charge in [0, 0.05) is 38.1 Å². The van der Waals surface area contributed by atoms with Crippen LogP contribution >= 0.6 is 0 Å². The molecule has 0 radical (unpaired) electrons. The summed E-state index contributed by atoms with van der Waals surface area (Å²) in [6, 6.07) is 2.52. The van der Waals surface area contributed by atoms with Gasteiger partial charge in [0.15, 0.2) is 5.79 Å².